The number of hydrogen-bond acceptors (Lipinski definition) is 3. The summed E-state index contributed by atoms with van der Waals surface area (Å²) < 4.78 is 7.77. The van der Waals surface area contributed by atoms with Crippen molar-refractivity contribution in [3.8, 4) is 5.75 Å². The molecule has 6 heteroatoms. The highest BCUT2D eigenvalue weighted by molar-refractivity contribution is 5.79. The Balaban J connectivity index is 1.32. The second kappa shape index (κ2) is 11.5. The lowest BCUT2D eigenvalue weighted by Gasteiger charge is -2.12. The van der Waals surface area contributed by atoms with Crippen LogP contribution in [0.25, 0.3) is 0 Å². The average molecular weight is 392 g/mol. The topological polar surface area (TPSA) is 63.5 Å². The third kappa shape index (κ3) is 7.33. The monoisotopic (exact) mass is 391 g/mol. The molecule has 1 aromatic heterocycles. The number of aliphatic imine (C=N–C) groups is 1. The van der Waals surface area contributed by atoms with Crippen molar-refractivity contribution < 1.29 is 4.74 Å². The van der Waals surface area contributed by atoms with Crippen LogP contribution in [0, 0.1) is 0 Å². The lowest BCUT2D eigenvalue weighted by molar-refractivity contribution is 0.306. The van der Waals surface area contributed by atoms with E-state index in [0.29, 0.717) is 6.61 Å². The molecule has 0 unspecified atom stereocenters. The van der Waals surface area contributed by atoms with Gasteiger partial charge in [-0.1, -0.05) is 42.5 Å². The standard InChI is InChI=1S/C23H29N5O/c1-24-23(25-14-5-17-28-18-6-15-27-28)26-16-13-20-9-11-22(12-10-20)29-19-21-7-3-2-4-8-21/h2-4,6-12,15,18H,5,13-14,16-17,19H2,1H3,(H2,24,25,26). The zero-order valence-electron chi connectivity index (χ0n) is 16.9. The van der Waals surface area contributed by atoms with Crippen LogP contribution in [0.15, 0.2) is 78.0 Å². The molecule has 2 N–H and O–H groups in total. The van der Waals surface area contributed by atoms with Crippen molar-refractivity contribution in [1.82, 2.24) is 20.4 Å². The van der Waals surface area contributed by atoms with Crippen molar-refractivity contribution in [2.75, 3.05) is 20.1 Å². The van der Waals surface area contributed by atoms with Gasteiger partial charge in [0.25, 0.3) is 0 Å². The van der Waals surface area contributed by atoms with Gasteiger partial charge in [0.05, 0.1) is 0 Å². The van der Waals surface area contributed by atoms with E-state index in [-0.39, 0.29) is 0 Å². The molecule has 3 rings (SSSR count). The molecule has 6 nitrogen and oxygen atoms in total. The van der Waals surface area contributed by atoms with Gasteiger partial charge in [0, 0.05) is 39.1 Å². The van der Waals surface area contributed by atoms with Gasteiger partial charge in [-0.05, 0) is 42.2 Å². The number of benzene rings is 2. The fourth-order valence-corrected chi connectivity index (χ4v) is 2.92. The highest BCUT2D eigenvalue weighted by Crippen LogP contribution is 2.14. The molecule has 152 valence electrons. The maximum atomic E-state index is 5.84. The maximum Gasteiger partial charge on any atom is 0.190 e. The Morgan fingerprint density at radius 1 is 0.966 bits per heavy atom. The van der Waals surface area contributed by atoms with Gasteiger partial charge in [-0.2, -0.15) is 5.10 Å². The zero-order valence-corrected chi connectivity index (χ0v) is 16.9. The Kier molecular flexibility index (Phi) is 8.14. The molecule has 0 radical (unpaired) electrons. The van der Waals surface area contributed by atoms with Crippen molar-refractivity contribution in [3.63, 3.8) is 0 Å². The predicted molar refractivity (Wildman–Crippen MR) is 117 cm³/mol. The first-order valence-electron chi connectivity index (χ1n) is 10.0. The van der Waals surface area contributed by atoms with Crippen LogP contribution in [0.2, 0.25) is 0 Å². The van der Waals surface area contributed by atoms with Gasteiger partial charge >= 0.3 is 0 Å². The highest BCUT2D eigenvalue weighted by atomic mass is 16.5. The van der Waals surface area contributed by atoms with Crippen molar-refractivity contribution in [3.05, 3.63) is 84.2 Å². The molecule has 0 aliphatic heterocycles. The fraction of sp³-hybridized carbons (Fsp3) is 0.304. The van der Waals surface area contributed by atoms with Gasteiger partial charge in [0.1, 0.15) is 12.4 Å². The summed E-state index contributed by atoms with van der Waals surface area (Å²) in [5, 5.41) is 10.9. The molecule has 0 saturated carbocycles. The summed E-state index contributed by atoms with van der Waals surface area (Å²) in [6.45, 7) is 3.16. The second-order valence-electron chi connectivity index (χ2n) is 6.72. The van der Waals surface area contributed by atoms with E-state index in [1.807, 2.05) is 47.3 Å². The number of nitrogens with zero attached hydrogens (tertiary/aromatic N) is 3. The van der Waals surface area contributed by atoms with E-state index < -0.39 is 0 Å². The van der Waals surface area contributed by atoms with E-state index in [4.69, 9.17) is 4.74 Å². The predicted octanol–water partition coefficient (Wildman–Crippen LogP) is 3.26. The van der Waals surface area contributed by atoms with Gasteiger partial charge in [-0.25, -0.2) is 0 Å². The molecule has 0 bridgehead atoms. The van der Waals surface area contributed by atoms with Crippen LogP contribution >= 0.6 is 0 Å². The average Bonchev–Trinajstić information content (AvgIpc) is 3.29. The van der Waals surface area contributed by atoms with Crippen LogP contribution in [0.3, 0.4) is 0 Å². The van der Waals surface area contributed by atoms with Crippen molar-refractivity contribution in [1.29, 1.82) is 0 Å². The Labute approximate surface area is 172 Å². The summed E-state index contributed by atoms with van der Waals surface area (Å²) in [6.07, 6.45) is 5.70. The molecule has 0 amide bonds. The van der Waals surface area contributed by atoms with Crippen molar-refractivity contribution >= 4 is 5.96 Å². The summed E-state index contributed by atoms with van der Waals surface area (Å²) in [5.74, 6) is 1.72. The molecule has 1 heterocycles. The van der Waals surface area contributed by atoms with Crippen LogP contribution in [0.4, 0.5) is 0 Å². The third-order valence-corrected chi connectivity index (χ3v) is 4.52. The molecule has 0 saturated heterocycles. The molecule has 3 aromatic rings. The van der Waals surface area contributed by atoms with Gasteiger partial charge in [-0.3, -0.25) is 9.67 Å². The number of guanidine groups is 1. The number of aromatic nitrogens is 2. The maximum absolute atomic E-state index is 5.84. The quantitative estimate of drug-likeness (QED) is 0.316. The Hall–Kier alpha value is -3.28. The molecular weight excluding hydrogens is 362 g/mol. The summed E-state index contributed by atoms with van der Waals surface area (Å²) in [4.78, 5) is 4.27. The first kappa shape index (κ1) is 20.5. The Morgan fingerprint density at radius 2 is 1.76 bits per heavy atom. The molecule has 0 atom stereocenters. The summed E-state index contributed by atoms with van der Waals surface area (Å²) in [5.41, 5.74) is 2.43. The molecule has 0 aliphatic rings. The van der Waals surface area contributed by atoms with E-state index in [9.17, 15) is 0 Å². The number of aryl methyl sites for hydroxylation is 1. The van der Waals surface area contributed by atoms with E-state index in [0.717, 1.165) is 44.2 Å². The van der Waals surface area contributed by atoms with Crippen LogP contribution < -0.4 is 15.4 Å². The smallest absolute Gasteiger partial charge is 0.190 e. The summed E-state index contributed by atoms with van der Waals surface area (Å²) in [6, 6.07) is 20.4. The minimum absolute atomic E-state index is 0.587. The van der Waals surface area contributed by atoms with Crippen LogP contribution in [-0.4, -0.2) is 35.9 Å². The molecule has 0 aliphatic carbocycles. The third-order valence-electron chi connectivity index (χ3n) is 4.52. The molecule has 0 spiro atoms. The number of nitrogens with one attached hydrogen (secondary N) is 2. The highest BCUT2D eigenvalue weighted by Gasteiger charge is 2.00. The normalized spacial score (nSPS) is 11.3. The number of rotatable bonds is 10. The molecule has 29 heavy (non-hydrogen) atoms. The molecule has 0 fully saturated rings. The lowest BCUT2D eigenvalue weighted by Crippen LogP contribution is -2.39. The van der Waals surface area contributed by atoms with E-state index in [1.165, 1.54) is 11.1 Å². The first-order valence-corrected chi connectivity index (χ1v) is 10.0. The Bertz CT molecular complexity index is 845. The van der Waals surface area contributed by atoms with Gasteiger partial charge in [0.2, 0.25) is 0 Å². The van der Waals surface area contributed by atoms with Gasteiger partial charge < -0.3 is 15.4 Å². The van der Waals surface area contributed by atoms with Crippen LogP contribution in [-0.2, 0) is 19.6 Å². The van der Waals surface area contributed by atoms with Crippen LogP contribution in [0.1, 0.15) is 17.5 Å². The van der Waals surface area contributed by atoms with Crippen molar-refractivity contribution in [2.24, 2.45) is 4.99 Å². The molecular formula is C23H29N5O. The zero-order chi connectivity index (χ0) is 20.2. The second-order valence-corrected chi connectivity index (χ2v) is 6.72. The minimum atomic E-state index is 0.587. The van der Waals surface area contributed by atoms with Crippen molar-refractivity contribution in [2.45, 2.75) is 26.0 Å². The Morgan fingerprint density at radius 3 is 2.48 bits per heavy atom. The summed E-state index contributed by atoms with van der Waals surface area (Å²) in [7, 11) is 1.79. The lowest BCUT2D eigenvalue weighted by atomic mass is 10.1. The van der Waals surface area contributed by atoms with E-state index >= 15 is 0 Å². The number of ether oxygens (including phenoxy) is 1. The van der Waals surface area contributed by atoms with Gasteiger partial charge in [-0.15, -0.1) is 0 Å². The van der Waals surface area contributed by atoms with E-state index in [1.54, 1.807) is 13.2 Å². The fourth-order valence-electron chi connectivity index (χ4n) is 2.92. The minimum Gasteiger partial charge on any atom is -0.489 e. The molecule has 2 aromatic carbocycles. The largest absolute Gasteiger partial charge is 0.489 e. The SMILES string of the molecule is CN=C(NCCCn1cccn1)NCCc1ccc(OCc2ccccc2)cc1. The first-order chi connectivity index (χ1) is 14.3. The van der Waals surface area contributed by atoms with Gasteiger partial charge in [0.15, 0.2) is 5.96 Å². The van der Waals surface area contributed by atoms with E-state index in [2.05, 4.69) is 45.0 Å². The number of hydrogen-bond donors (Lipinski definition) is 2. The van der Waals surface area contributed by atoms with Crippen LogP contribution in [0.5, 0.6) is 5.75 Å². The summed E-state index contributed by atoms with van der Waals surface area (Å²) >= 11 is 0.